The molecule has 1 aromatic carbocycles. The number of oxazole rings is 1. The molecular formula is C10H12N2O2. The summed E-state index contributed by atoms with van der Waals surface area (Å²) in [7, 11) is 1.63. The topological polar surface area (TPSA) is 61.3 Å². The minimum Gasteiger partial charge on any atom is -0.497 e. The second kappa shape index (κ2) is 3.67. The van der Waals surface area contributed by atoms with Crippen LogP contribution in [0.3, 0.4) is 0 Å². The maximum absolute atomic E-state index is 5.46. The number of rotatable bonds is 3. The predicted octanol–water partition coefficient (Wildman–Crippen LogP) is 1.34. The Labute approximate surface area is 81.7 Å². The fourth-order valence-corrected chi connectivity index (χ4v) is 1.31. The highest BCUT2D eigenvalue weighted by molar-refractivity contribution is 5.74. The molecule has 1 aromatic heterocycles. The van der Waals surface area contributed by atoms with Crippen molar-refractivity contribution < 1.29 is 9.15 Å². The van der Waals surface area contributed by atoms with E-state index in [-0.39, 0.29) is 0 Å². The Balaban J connectivity index is 2.43. The van der Waals surface area contributed by atoms with E-state index in [4.69, 9.17) is 14.9 Å². The van der Waals surface area contributed by atoms with E-state index in [9.17, 15) is 0 Å². The first-order valence-electron chi connectivity index (χ1n) is 4.47. The molecule has 0 aliphatic heterocycles. The van der Waals surface area contributed by atoms with Crippen LogP contribution in [0.15, 0.2) is 22.6 Å². The maximum atomic E-state index is 5.46. The van der Waals surface area contributed by atoms with Crippen LogP contribution >= 0.6 is 0 Å². The average Bonchev–Trinajstić information content (AvgIpc) is 2.59. The minimum absolute atomic E-state index is 0.546. The Morgan fingerprint density at radius 1 is 1.50 bits per heavy atom. The smallest absolute Gasteiger partial charge is 0.196 e. The molecule has 0 bridgehead atoms. The first-order valence-corrected chi connectivity index (χ1v) is 4.47. The molecule has 0 spiro atoms. The summed E-state index contributed by atoms with van der Waals surface area (Å²) in [5.41, 5.74) is 7.00. The van der Waals surface area contributed by atoms with Gasteiger partial charge in [0.05, 0.1) is 7.11 Å². The fourth-order valence-electron chi connectivity index (χ4n) is 1.31. The standard InChI is InChI=1S/C10H12N2O2/c1-13-7-2-3-9-8(6-7)12-10(14-9)4-5-11/h2-3,6H,4-5,11H2,1H3. The number of aromatic nitrogens is 1. The van der Waals surface area contributed by atoms with Crippen molar-refractivity contribution >= 4 is 11.1 Å². The van der Waals surface area contributed by atoms with Crippen LogP contribution in [0.1, 0.15) is 5.89 Å². The molecule has 1 heterocycles. The number of hydrogen-bond acceptors (Lipinski definition) is 4. The third-order valence-electron chi connectivity index (χ3n) is 2.00. The van der Waals surface area contributed by atoms with E-state index in [1.807, 2.05) is 18.2 Å². The van der Waals surface area contributed by atoms with Gasteiger partial charge in [-0.2, -0.15) is 0 Å². The van der Waals surface area contributed by atoms with E-state index < -0.39 is 0 Å². The molecule has 0 saturated carbocycles. The quantitative estimate of drug-likeness (QED) is 0.797. The van der Waals surface area contributed by atoms with Gasteiger partial charge in [-0.3, -0.25) is 0 Å². The van der Waals surface area contributed by atoms with Crippen molar-refractivity contribution in [3.05, 3.63) is 24.1 Å². The Kier molecular flexibility index (Phi) is 2.37. The third-order valence-corrected chi connectivity index (χ3v) is 2.00. The highest BCUT2D eigenvalue weighted by Crippen LogP contribution is 2.21. The van der Waals surface area contributed by atoms with Gasteiger partial charge in [0.1, 0.15) is 11.3 Å². The number of fused-ring (bicyclic) bond motifs is 1. The van der Waals surface area contributed by atoms with E-state index >= 15 is 0 Å². The van der Waals surface area contributed by atoms with Gasteiger partial charge in [0, 0.05) is 19.0 Å². The monoisotopic (exact) mass is 192 g/mol. The van der Waals surface area contributed by atoms with E-state index in [0.717, 1.165) is 16.8 Å². The molecule has 4 heteroatoms. The molecule has 2 aromatic rings. The fraction of sp³-hybridized carbons (Fsp3) is 0.300. The molecule has 2 N–H and O–H groups in total. The zero-order valence-corrected chi connectivity index (χ0v) is 7.99. The highest BCUT2D eigenvalue weighted by atomic mass is 16.5. The molecule has 0 aliphatic carbocycles. The van der Waals surface area contributed by atoms with Crippen molar-refractivity contribution in [2.24, 2.45) is 5.73 Å². The van der Waals surface area contributed by atoms with Crippen LogP contribution in [-0.4, -0.2) is 18.6 Å². The summed E-state index contributed by atoms with van der Waals surface area (Å²) in [6.45, 7) is 0.546. The molecule has 4 nitrogen and oxygen atoms in total. The molecule has 0 amide bonds. The number of nitrogens with zero attached hydrogens (tertiary/aromatic N) is 1. The van der Waals surface area contributed by atoms with Crippen molar-refractivity contribution in [1.29, 1.82) is 0 Å². The SMILES string of the molecule is COc1ccc2oc(CCN)nc2c1. The summed E-state index contributed by atoms with van der Waals surface area (Å²) in [5, 5.41) is 0. The van der Waals surface area contributed by atoms with Crippen LogP contribution in [0.4, 0.5) is 0 Å². The largest absolute Gasteiger partial charge is 0.497 e. The Morgan fingerprint density at radius 2 is 2.36 bits per heavy atom. The van der Waals surface area contributed by atoms with Crippen LogP contribution in [0.5, 0.6) is 5.75 Å². The van der Waals surface area contributed by atoms with Crippen molar-refractivity contribution in [3.8, 4) is 5.75 Å². The van der Waals surface area contributed by atoms with Gasteiger partial charge in [0.25, 0.3) is 0 Å². The molecule has 0 saturated heterocycles. The molecule has 74 valence electrons. The number of hydrogen-bond donors (Lipinski definition) is 1. The Morgan fingerprint density at radius 3 is 3.07 bits per heavy atom. The molecule has 0 radical (unpaired) electrons. The van der Waals surface area contributed by atoms with Crippen LogP contribution in [0.25, 0.3) is 11.1 Å². The zero-order chi connectivity index (χ0) is 9.97. The first-order chi connectivity index (χ1) is 6.83. The highest BCUT2D eigenvalue weighted by Gasteiger charge is 2.05. The van der Waals surface area contributed by atoms with Crippen LogP contribution in [-0.2, 0) is 6.42 Å². The summed E-state index contributed by atoms with van der Waals surface area (Å²) in [4.78, 5) is 4.28. The van der Waals surface area contributed by atoms with Gasteiger partial charge in [-0.25, -0.2) is 4.98 Å². The number of benzene rings is 1. The summed E-state index contributed by atoms with van der Waals surface area (Å²) < 4.78 is 10.5. The normalized spacial score (nSPS) is 10.7. The van der Waals surface area contributed by atoms with Gasteiger partial charge in [-0.05, 0) is 12.1 Å². The van der Waals surface area contributed by atoms with E-state index in [1.165, 1.54) is 0 Å². The molecule has 0 aliphatic rings. The van der Waals surface area contributed by atoms with Gasteiger partial charge in [-0.15, -0.1) is 0 Å². The summed E-state index contributed by atoms with van der Waals surface area (Å²) >= 11 is 0. The van der Waals surface area contributed by atoms with Crippen LogP contribution < -0.4 is 10.5 Å². The van der Waals surface area contributed by atoms with Crippen molar-refractivity contribution in [1.82, 2.24) is 4.98 Å². The van der Waals surface area contributed by atoms with E-state index in [2.05, 4.69) is 4.98 Å². The molecule has 0 unspecified atom stereocenters. The van der Waals surface area contributed by atoms with Crippen molar-refractivity contribution in [3.63, 3.8) is 0 Å². The summed E-state index contributed by atoms with van der Waals surface area (Å²) in [5.74, 6) is 1.46. The lowest BCUT2D eigenvalue weighted by atomic mass is 10.3. The van der Waals surface area contributed by atoms with Gasteiger partial charge >= 0.3 is 0 Å². The van der Waals surface area contributed by atoms with Crippen LogP contribution in [0, 0.1) is 0 Å². The Hall–Kier alpha value is -1.55. The van der Waals surface area contributed by atoms with Gasteiger partial charge in [-0.1, -0.05) is 0 Å². The Bertz CT molecular complexity index is 437. The number of ether oxygens (including phenoxy) is 1. The molecule has 0 fully saturated rings. The second-order valence-corrected chi connectivity index (χ2v) is 2.98. The number of methoxy groups -OCH3 is 1. The van der Waals surface area contributed by atoms with Gasteiger partial charge < -0.3 is 14.9 Å². The van der Waals surface area contributed by atoms with Crippen molar-refractivity contribution in [2.75, 3.05) is 13.7 Å². The average molecular weight is 192 g/mol. The second-order valence-electron chi connectivity index (χ2n) is 2.98. The van der Waals surface area contributed by atoms with Crippen LogP contribution in [0.2, 0.25) is 0 Å². The lowest BCUT2D eigenvalue weighted by Crippen LogP contribution is -2.02. The maximum Gasteiger partial charge on any atom is 0.196 e. The zero-order valence-electron chi connectivity index (χ0n) is 7.99. The predicted molar refractivity (Wildman–Crippen MR) is 53.3 cm³/mol. The lowest BCUT2D eigenvalue weighted by molar-refractivity contribution is 0.415. The minimum atomic E-state index is 0.546. The lowest BCUT2D eigenvalue weighted by Gasteiger charge is -1.95. The van der Waals surface area contributed by atoms with E-state index in [1.54, 1.807) is 7.11 Å². The van der Waals surface area contributed by atoms with Gasteiger partial charge in [0.2, 0.25) is 0 Å². The summed E-state index contributed by atoms with van der Waals surface area (Å²) in [6, 6.07) is 5.54. The molecule has 0 atom stereocenters. The van der Waals surface area contributed by atoms with E-state index in [0.29, 0.717) is 18.9 Å². The first kappa shape index (κ1) is 9.02. The summed E-state index contributed by atoms with van der Waals surface area (Å²) in [6.07, 6.45) is 0.664. The molecule has 2 rings (SSSR count). The number of nitrogens with two attached hydrogens (primary N) is 1. The molecular weight excluding hydrogens is 180 g/mol. The van der Waals surface area contributed by atoms with Crippen molar-refractivity contribution in [2.45, 2.75) is 6.42 Å². The third kappa shape index (κ3) is 1.56. The van der Waals surface area contributed by atoms with Gasteiger partial charge in [0.15, 0.2) is 11.5 Å². The molecule has 14 heavy (non-hydrogen) atoms.